The molecule has 0 rings (SSSR count). The second-order valence-corrected chi connectivity index (χ2v) is 4.17. The molecule has 0 atom stereocenters. The van der Waals surface area contributed by atoms with Crippen LogP contribution >= 0.6 is 0 Å². The maximum absolute atomic E-state index is 9.66. The van der Waals surface area contributed by atoms with Gasteiger partial charge in [-0.05, 0) is 0 Å². The van der Waals surface area contributed by atoms with Crippen LogP contribution in [0.2, 0.25) is 0 Å². The van der Waals surface area contributed by atoms with Crippen LogP contribution in [0.1, 0.15) is 6.92 Å². The topological polar surface area (TPSA) is 71.4 Å². The van der Waals surface area contributed by atoms with Gasteiger partial charge in [-0.15, -0.1) is 0 Å². The van der Waals surface area contributed by atoms with Gasteiger partial charge in [-0.25, -0.2) is 0 Å². The quantitative estimate of drug-likeness (QED) is 0.508. The summed E-state index contributed by atoms with van der Waals surface area (Å²) in [7, 11) is 0. The van der Waals surface area contributed by atoms with E-state index >= 15 is 0 Å². The molecule has 0 aliphatic carbocycles. The van der Waals surface area contributed by atoms with Crippen molar-refractivity contribution in [2.75, 3.05) is 0 Å². The Labute approximate surface area is 42.1 Å². The molecule has 0 amide bonds. The van der Waals surface area contributed by atoms with E-state index in [4.69, 9.17) is 4.19 Å². The average molecular weight is 171 g/mol. The van der Waals surface area contributed by atoms with Crippen molar-refractivity contribution in [3.63, 3.8) is 0 Å². The van der Waals surface area contributed by atoms with Crippen LogP contribution < -0.4 is 0 Å². The molecule has 0 saturated heterocycles. The maximum atomic E-state index is 9.66. The van der Waals surface area contributed by atoms with Crippen LogP contribution in [0.3, 0.4) is 0 Å². The van der Waals surface area contributed by atoms with Crippen molar-refractivity contribution in [2.45, 2.75) is 6.92 Å². The van der Waals surface area contributed by atoms with Gasteiger partial charge in [0.05, 0.1) is 0 Å². The first-order valence-electron chi connectivity index (χ1n) is 1.42. The van der Waals surface area contributed by atoms with Gasteiger partial charge in [0, 0.05) is 0 Å². The fourth-order valence-corrected chi connectivity index (χ4v) is 0. The number of carbonyl (C=O) groups is 1. The molecule has 5 heteroatoms. The van der Waals surface area contributed by atoms with Crippen LogP contribution in [0.4, 0.5) is 0 Å². The number of carbonyl (C=O) groups excluding carboxylic acids is 1. The molecule has 0 radical (unpaired) electrons. The number of hydrogen-bond acceptors (Lipinski definition) is 3. The molecule has 7 heavy (non-hydrogen) atoms. The van der Waals surface area contributed by atoms with Gasteiger partial charge in [0.2, 0.25) is 0 Å². The molecule has 0 spiro atoms. The summed E-state index contributed by atoms with van der Waals surface area (Å²) in [5.74, 6) is 0. The van der Waals surface area contributed by atoms with Crippen molar-refractivity contribution >= 4 is 17.7 Å². The summed E-state index contributed by atoms with van der Waals surface area (Å²) in [5, 5.41) is 0. The fraction of sp³-hybridized carbons (Fsp3) is 0.500. The molecular weight excluding hydrogens is 167 g/mol. The van der Waals surface area contributed by atoms with Crippen LogP contribution in [0.15, 0.2) is 0 Å². The predicted molar refractivity (Wildman–Crippen MR) is 20.0 cm³/mol. The van der Waals surface area contributed by atoms with E-state index in [1.54, 1.807) is 0 Å². The van der Waals surface area contributed by atoms with Gasteiger partial charge in [-0.2, -0.15) is 0 Å². The molecule has 0 aliphatic heterocycles. The van der Waals surface area contributed by atoms with Crippen molar-refractivity contribution in [1.82, 2.24) is 0 Å². The summed E-state index contributed by atoms with van der Waals surface area (Å²) in [6.07, 6.45) is 0. The summed E-state index contributed by atoms with van der Waals surface area (Å²) in [6, 6.07) is 0. The third kappa shape index (κ3) is 2.45. The zero-order valence-electron chi connectivity index (χ0n) is 3.58. The van der Waals surface area contributed by atoms with Gasteiger partial charge in [0.1, 0.15) is 0 Å². The Morgan fingerprint density at radius 1 is 1.57 bits per heavy atom. The van der Waals surface area contributed by atoms with E-state index in [1.165, 1.54) is 0 Å². The molecule has 0 aliphatic rings. The summed E-state index contributed by atoms with van der Waals surface area (Å²) in [6.45, 7) is 0.806. The average Bonchev–Trinajstić information content (AvgIpc) is 1.31. The Balaban J connectivity index is 4.43. The van der Waals surface area contributed by atoms with Gasteiger partial charge < -0.3 is 0 Å². The first-order chi connectivity index (χ1) is 2.94. The van der Waals surface area contributed by atoms with Gasteiger partial charge >= 0.3 is 41.3 Å². The van der Waals surface area contributed by atoms with Crippen LogP contribution in [0.25, 0.3) is 0 Å². The normalized spacial score (nSPS) is 11.1. The van der Waals surface area contributed by atoms with E-state index in [9.17, 15) is 12.5 Å². The minimum absolute atomic E-state index is 0.806. The molecule has 0 fully saturated rings. The molecule has 4 nitrogen and oxygen atoms in total. The summed E-state index contributed by atoms with van der Waals surface area (Å²) >= 11 is -5.03. The van der Waals surface area contributed by atoms with E-state index in [0.717, 1.165) is 6.92 Å². The van der Waals surface area contributed by atoms with Crippen LogP contribution in [-0.2, 0) is 12.5 Å². The second-order valence-electron chi connectivity index (χ2n) is 0.967. The minimum atomic E-state index is -5.03. The van der Waals surface area contributed by atoms with Crippen LogP contribution in [0, 0.1) is 0 Å². The SMILES string of the molecule is CC(=O)[Se](=O)(=O)O. The Bertz CT molecular complexity index is 164. The molecule has 1 N–H and O–H groups in total. The predicted octanol–water partition coefficient (Wildman–Crippen LogP) is -1.09. The van der Waals surface area contributed by atoms with E-state index in [0.29, 0.717) is 0 Å². The van der Waals surface area contributed by atoms with Crippen molar-refractivity contribution in [1.29, 1.82) is 0 Å². The van der Waals surface area contributed by atoms with E-state index in [1.807, 2.05) is 0 Å². The van der Waals surface area contributed by atoms with Gasteiger partial charge in [-0.3, -0.25) is 0 Å². The summed E-state index contributed by atoms with van der Waals surface area (Å²) in [4.78, 5) is 9.66. The first-order valence-corrected chi connectivity index (χ1v) is 4.45. The first kappa shape index (κ1) is 6.75. The molecule has 0 aromatic rings. The van der Waals surface area contributed by atoms with Crippen LogP contribution in [-0.4, -0.2) is 21.9 Å². The number of rotatable bonds is 1. The second kappa shape index (κ2) is 1.69. The number of hydrogen-bond donors (Lipinski definition) is 1. The molecule has 0 bridgehead atoms. The molecule has 0 aromatic heterocycles. The van der Waals surface area contributed by atoms with Gasteiger partial charge in [0.15, 0.2) is 0 Å². The van der Waals surface area contributed by atoms with E-state index < -0.39 is 17.7 Å². The van der Waals surface area contributed by atoms with Crippen molar-refractivity contribution in [3.05, 3.63) is 0 Å². The Kier molecular flexibility index (Phi) is 1.63. The fourth-order valence-electron chi connectivity index (χ4n) is 0. The van der Waals surface area contributed by atoms with Crippen LogP contribution in [0.5, 0.6) is 0 Å². The molecule has 0 heterocycles. The van der Waals surface area contributed by atoms with Crippen molar-refractivity contribution < 1.29 is 16.7 Å². The van der Waals surface area contributed by atoms with Gasteiger partial charge in [-0.1, -0.05) is 0 Å². The summed E-state index contributed by atoms with van der Waals surface area (Å²) in [5.41, 5.74) is 0. The zero-order chi connectivity index (χ0) is 6.08. The standard InChI is InChI=1S/C2H4O4Se/c1-2(3)7(4,5)6/h1H3,(H,4,5,6). The molecule has 0 saturated carbocycles. The third-order valence-electron chi connectivity index (χ3n) is 0.363. The van der Waals surface area contributed by atoms with Crippen molar-refractivity contribution in [3.8, 4) is 0 Å². The Morgan fingerprint density at radius 2 is 1.71 bits per heavy atom. The van der Waals surface area contributed by atoms with Gasteiger partial charge in [0.25, 0.3) is 0 Å². The molecule has 42 valence electrons. The Morgan fingerprint density at radius 3 is 1.71 bits per heavy atom. The molecule has 0 unspecified atom stereocenters. The van der Waals surface area contributed by atoms with E-state index in [-0.39, 0.29) is 0 Å². The van der Waals surface area contributed by atoms with Crippen molar-refractivity contribution in [2.24, 2.45) is 0 Å². The van der Waals surface area contributed by atoms with E-state index in [2.05, 4.69) is 0 Å². The zero-order valence-corrected chi connectivity index (χ0v) is 5.29. The molecule has 0 aromatic carbocycles. The summed E-state index contributed by atoms with van der Waals surface area (Å²) < 4.78 is 25.9. The third-order valence-corrected chi connectivity index (χ3v) is 1.89. The molecular formula is C2H4O4Se. The monoisotopic (exact) mass is 172 g/mol. The Hall–Kier alpha value is -0.251.